The van der Waals surface area contributed by atoms with E-state index in [1.54, 1.807) is 0 Å². The fraction of sp³-hybridized carbons (Fsp3) is 0.800. The molecule has 0 aromatic rings. The number of amides is 2. The fourth-order valence-electron chi connectivity index (χ4n) is 1.12. The summed E-state index contributed by atoms with van der Waals surface area (Å²) in [5.74, 6) is -1.76. The van der Waals surface area contributed by atoms with Gasteiger partial charge >= 0.3 is 18.2 Å². The van der Waals surface area contributed by atoms with Gasteiger partial charge in [-0.3, -0.25) is 4.79 Å². The lowest BCUT2D eigenvalue weighted by Crippen LogP contribution is -2.42. The summed E-state index contributed by atoms with van der Waals surface area (Å²) in [7, 11) is 1.39. The van der Waals surface area contributed by atoms with E-state index < -0.39 is 30.7 Å². The molecule has 0 bridgehead atoms. The highest BCUT2D eigenvalue weighted by Crippen LogP contribution is 2.13. The summed E-state index contributed by atoms with van der Waals surface area (Å²) in [6.45, 7) is -0.272. The highest BCUT2D eigenvalue weighted by Gasteiger charge is 2.27. The molecule has 9 heteroatoms. The van der Waals surface area contributed by atoms with E-state index in [-0.39, 0.29) is 19.7 Å². The van der Waals surface area contributed by atoms with Crippen LogP contribution in [-0.4, -0.2) is 61.5 Å². The zero-order valence-corrected chi connectivity index (χ0v) is 10.7. The molecule has 0 aromatic heterocycles. The molecule has 0 saturated heterocycles. The summed E-state index contributed by atoms with van der Waals surface area (Å²) in [4.78, 5) is 23.1. The van der Waals surface area contributed by atoms with Crippen LogP contribution in [0, 0.1) is 5.92 Å². The van der Waals surface area contributed by atoms with E-state index in [1.807, 2.05) is 0 Å². The molecule has 0 fully saturated rings. The predicted molar refractivity (Wildman–Crippen MR) is 59.7 cm³/mol. The number of alkyl halides is 3. The number of aliphatic carboxylic acids is 1. The minimum Gasteiger partial charge on any atom is -0.481 e. The fourth-order valence-corrected chi connectivity index (χ4v) is 1.12. The second-order valence-corrected chi connectivity index (χ2v) is 4.02. The van der Waals surface area contributed by atoms with Crippen molar-refractivity contribution in [3.05, 3.63) is 0 Å². The summed E-state index contributed by atoms with van der Waals surface area (Å²) in [5, 5.41) is 11.0. The number of carboxylic acids is 1. The SMILES string of the molecule is CC(CN(C)C(=O)NCCOCC(F)(F)F)C(=O)O. The van der Waals surface area contributed by atoms with Gasteiger partial charge in [0.15, 0.2) is 0 Å². The average Bonchev–Trinajstić information content (AvgIpc) is 2.26. The summed E-state index contributed by atoms with van der Waals surface area (Å²) in [6.07, 6.45) is -4.39. The highest BCUT2D eigenvalue weighted by molar-refractivity contribution is 5.75. The Morgan fingerprint density at radius 1 is 1.42 bits per heavy atom. The van der Waals surface area contributed by atoms with Crippen molar-refractivity contribution in [2.24, 2.45) is 5.92 Å². The number of hydrogen-bond acceptors (Lipinski definition) is 3. The van der Waals surface area contributed by atoms with Gasteiger partial charge in [0.1, 0.15) is 6.61 Å². The molecule has 0 spiro atoms. The second-order valence-electron chi connectivity index (χ2n) is 4.02. The lowest BCUT2D eigenvalue weighted by Gasteiger charge is -2.20. The number of carboxylic acid groups (broad SMARTS) is 1. The highest BCUT2D eigenvalue weighted by atomic mass is 19.4. The maximum atomic E-state index is 11.7. The molecule has 0 radical (unpaired) electrons. The molecule has 0 aromatic carbocycles. The number of urea groups is 1. The van der Waals surface area contributed by atoms with Crippen LogP contribution in [0.15, 0.2) is 0 Å². The molecule has 0 saturated carbocycles. The molecule has 0 aliphatic carbocycles. The van der Waals surface area contributed by atoms with Gasteiger partial charge < -0.3 is 20.1 Å². The number of ether oxygens (including phenoxy) is 1. The monoisotopic (exact) mass is 286 g/mol. The number of nitrogens with zero attached hydrogens (tertiary/aromatic N) is 1. The maximum Gasteiger partial charge on any atom is 0.411 e. The second kappa shape index (κ2) is 7.82. The van der Waals surface area contributed by atoms with Crippen LogP contribution < -0.4 is 5.32 Å². The van der Waals surface area contributed by atoms with Gasteiger partial charge in [-0.15, -0.1) is 0 Å². The Labute approximate surface area is 108 Å². The van der Waals surface area contributed by atoms with Crippen LogP contribution in [0.2, 0.25) is 0 Å². The van der Waals surface area contributed by atoms with E-state index in [9.17, 15) is 22.8 Å². The van der Waals surface area contributed by atoms with Gasteiger partial charge in [-0.1, -0.05) is 6.92 Å². The van der Waals surface area contributed by atoms with Crippen LogP contribution in [-0.2, 0) is 9.53 Å². The van der Waals surface area contributed by atoms with Crippen LogP contribution in [0.3, 0.4) is 0 Å². The third kappa shape index (κ3) is 9.11. The summed E-state index contributed by atoms with van der Waals surface area (Å²) in [6, 6.07) is -0.566. The van der Waals surface area contributed by atoms with Crippen LogP contribution in [0.1, 0.15) is 6.92 Å². The summed E-state index contributed by atoms with van der Waals surface area (Å²) in [5.41, 5.74) is 0. The first kappa shape index (κ1) is 17.5. The van der Waals surface area contributed by atoms with Crippen molar-refractivity contribution in [2.75, 3.05) is 33.4 Å². The third-order valence-corrected chi connectivity index (χ3v) is 2.10. The van der Waals surface area contributed by atoms with E-state index in [0.29, 0.717) is 0 Å². The molecular formula is C10H17F3N2O4. The number of halogens is 3. The van der Waals surface area contributed by atoms with E-state index in [4.69, 9.17) is 5.11 Å². The van der Waals surface area contributed by atoms with Gasteiger partial charge in [-0.2, -0.15) is 13.2 Å². The van der Waals surface area contributed by atoms with Crippen molar-refractivity contribution in [1.82, 2.24) is 10.2 Å². The van der Waals surface area contributed by atoms with Gasteiger partial charge in [-0.05, 0) is 0 Å². The minimum atomic E-state index is -4.39. The van der Waals surface area contributed by atoms with Crippen LogP contribution in [0.25, 0.3) is 0 Å². The molecule has 0 rings (SSSR count). The molecule has 1 unspecified atom stereocenters. The van der Waals surface area contributed by atoms with Gasteiger partial charge in [0.2, 0.25) is 0 Å². The Balaban J connectivity index is 3.77. The van der Waals surface area contributed by atoms with Crippen molar-refractivity contribution >= 4 is 12.0 Å². The van der Waals surface area contributed by atoms with Crippen molar-refractivity contribution in [2.45, 2.75) is 13.1 Å². The molecule has 0 heterocycles. The maximum absolute atomic E-state index is 11.7. The van der Waals surface area contributed by atoms with Gasteiger partial charge in [0.05, 0.1) is 12.5 Å². The molecule has 19 heavy (non-hydrogen) atoms. The Morgan fingerprint density at radius 2 is 2.00 bits per heavy atom. The lowest BCUT2D eigenvalue weighted by atomic mass is 10.2. The smallest absolute Gasteiger partial charge is 0.411 e. The minimum absolute atomic E-state index is 0.00454. The first-order valence-corrected chi connectivity index (χ1v) is 5.49. The Morgan fingerprint density at radius 3 is 2.47 bits per heavy atom. The van der Waals surface area contributed by atoms with Gasteiger partial charge in [0.25, 0.3) is 0 Å². The standard InChI is InChI=1S/C10H17F3N2O4/c1-7(8(16)17)5-15(2)9(18)14-3-4-19-6-10(11,12)13/h7H,3-6H2,1-2H3,(H,14,18)(H,16,17). The normalized spacial score (nSPS) is 12.9. The van der Waals surface area contributed by atoms with E-state index in [1.165, 1.54) is 14.0 Å². The van der Waals surface area contributed by atoms with Crippen molar-refractivity contribution < 1.29 is 32.6 Å². The first-order valence-electron chi connectivity index (χ1n) is 5.49. The Kier molecular flexibility index (Phi) is 7.20. The van der Waals surface area contributed by atoms with E-state index in [2.05, 4.69) is 10.1 Å². The molecule has 1 atom stereocenters. The van der Waals surface area contributed by atoms with Gasteiger partial charge in [0, 0.05) is 20.1 Å². The van der Waals surface area contributed by atoms with Crippen LogP contribution >= 0.6 is 0 Å². The zero-order valence-electron chi connectivity index (χ0n) is 10.7. The molecule has 0 aliphatic heterocycles. The van der Waals surface area contributed by atoms with E-state index in [0.717, 1.165) is 4.90 Å². The number of rotatable bonds is 7. The molecular weight excluding hydrogens is 269 g/mol. The summed E-state index contributed by atoms with van der Waals surface area (Å²) < 4.78 is 39.4. The zero-order chi connectivity index (χ0) is 15.1. The lowest BCUT2D eigenvalue weighted by molar-refractivity contribution is -0.173. The van der Waals surface area contributed by atoms with Crippen LogP contribution in [0.4, 0.5) is 18.0 Å². The summed E-state index contributed by atoms with van der Waals surface area (Å²) >= 11 is 0. The molecule has 112 valence electrons. The first-order chi connectivity index (χ1) is 8.63. The number of nitrogens with one attached hydrogen (secondary N) is 1. The average molecular weight is 286 g/mol. The van der Waals surface area contributed by atoms with Crippen molar-refractivity contribution in [3.8, 4) is 0 Å². The number of carbonyl (C=O) groups excluding carboxylic acids is 1. The van der Waals surface area contributed by atoms with Crippen molar-refractivity contribution in [1.29, 1.82) is 0 Å². The van der Waals surface area contributed by atoms with Crippen molar-refractivity contribution in [3.63, 3.8) is 0 Å². The molecule has 0 aliphatic rings. The Bertz CT molecular complexity index is 310. The topological polar surface area (TPSA) is 78.9 Å². The molecule has 2 amide bonds. The predicted octanol–water partition coefficient (Wildman–Crippen LogP) is 0.927. The van der Waals surface area contributed by atoms with E-state index >= 15 is 0 Å². The third-order valence-electron chi connectivity index (χ3n) is 2.10. The molecule has 6 nitrogen and oxygen atoms in total. The number of hydrogen-bond donors (Lipinski definition) is 2. The van der Waals surface area contributed by atoms with Gasteiger partial charge in [-0.25, -0.2) is 4.79 Å². The quantitative estimate of drug-likeness (QED) is 0.682. The van der Waals surface area contributed by atoms with Crippen LogP contribution in [0.5, 0.6) is 0 Å². The number of carbonyl (C=O) groups is 2. The molecule has 2 N–H and O–H groups in total. The Hall–Kier alpha value is -1.51. The largest absolute Gasteiger partial charge is 0.481 e.